The second kappa shape index (κ2) is 6.90. The van der Waals surface area contributed by atoms with Crippen molar-refractivity contribution < 1.29 is 0 Å². The Morgan fingerprint density at radius 1 is 1.30 bits per heavy atom. The van der Waals surface area contributed by atoms with E-state index in [1.165, 1.54) is 41.6 Å². The zero-order chi connectivity index (χ0) is 14.7. The van der Waals surface area contributed by atoms with Crippen LogP contribution in [0.1, 0.15) is 57.1 Å². The molecule has 2 rings (SSSR count). The summed E-state index contributed by atoms with van der Waals surface area (Å²) in [6.07, 6.45) is 2.63. The van der Waals surface area contributed by atoms with E-state index in [-0.39, 0.29) is 0 Å². The molecule has 1 saturated heterocycles. The first-order chi connectivity index (χ1) is 9.52. The minimum absolute atomic E-state index is 0.416. The van der Waals surface area contributed by atoms with Crippen LogP contribution in [0, 0.1) is 18.8 Å². The molecule has 114 valence electrons. The van der Waals surface area contributed by atoms with Crippen molar-refractivity contribution in [2.24, 2.45) is 11.8 Å². The van der Waals surface area contributed by atoms with Crippen molar-refractivity contribution in [1.82, 2.24) is 10.3 Å². The van der Waals surface area contributed by atoms with Gasteiger partial charge < -0.3 is 10.2 Å². The van der Waals surface area contributed by atoms with E-state index in [1.54, 1.807) is 0 Å². The molecule has 0 amide bonds. The molecule has 3 nitrogen and oxygen atoms in total. The summed E-state index contributed by atoms with van der Waals surface area (Å²) in [5.41, 5.74) is 1.20. The topological polar surface area (TPSA) is 28.2 Å². The van der Waals surface area contributed by atoms with Gasteiger partial charge in [-0.2, -0.15) is 0 Å². The quantitative estimate of drug-likeness (QED) is 0.890. The van der Waals surface area contributed by atoms with Gasteiger partial charge in [0.2, 0.25) is 0 Å². The Labute approximate surface area is 127 Å². The summed E-state index contributed by atoms with van der Waals surface area (Å²) in [5, 5.41) is 4.72. The number of nitrogens with zero attached hydrogens (tertiary/aromatic N) is 2. The summed E-state index contributed by atoms with van der Waals surface area (Å²) in [7, 11) is 0. The smallest absolute Gasteiger partial charge is 0.185 e. The largest absolute Gasteiger partial charge is 0.348 e. The van der Waals surface area contributed by atoms with Crippen molar-refractivity contribution in [2.75, 3.05) is 24.5 Å². The number of thiazole rings is 1. The Kier molecular flexibility index (Phi) is 5.44. The first kappa shape index (κ1) is 15.8. The Morgan fingerprint density at radius 3 is 2.50 bits per heavy atom. The van der Waals surface area contributed by atoms with Gasteiger partial charge in [0.25, 0.3) is 0 Å². The molecule has 0 aromatic carbocycles. The van der Waals surface area contributed by atoms with Crippen LogP contribution in [0.25, 0.3) is 0 Å². The Bertz CT molecular complexity index is 419. The molecule has 1 aliphatic heterocycles. The van der Waals surface area contributed by atoms with Crippen molar-refractivity contribution in [2.45, 2.75) is 53.5 Å². The highest BCUT2D eigenvalue weighted by atomic mass is 32.1. The van der Waals surface area contributed by atoms with E-state index in [1.807, 2.05) is 11.3 Å². The van der Waals surface area contributed by atoms with E-state index in [2.05, 4.69) is 44.8 Å². The molecule has 0 saturated carbocycles. The van der Waals surface area contributed by atoms with Crippen molar-refractivity contribution in [3.05, 3.63) is 10.6 Å². The van der Waals surface area contributed by atoms with Crippen molar-refractivity contribution >= 4 is 16.5 Å². The zero-order valence-corrected chi connectivity index (χ0v) is 14.4. The van der Waals surface area contributed by atoms with Crippen LogP contribution < -0.4 is 10.2 Å². The van der Waals surface area contributed by atoms with Gasteiger partial charge in [-0.1, -0.05) is 20.8 Å². The normalized spacial score (nSPS) is 18.8. The lowest BCUT2D eigenvalue weighted by molar-refractivity contribution is 0.311. The molecule has 1 fully saturated rings. The molecule has 1 aliphatic rings. The van der Waals surface area contributed by atoms with Gasteiger partial charge in [-0.25, -0.2) is 4.98 Å². The number of aryl methyl sites for hydroxylation is 1. The SMILES string of the molecule is CCNC(C)c1sc(N2CCC(C(C)C)CC2)nc1C. The van der Waals surface area contributed by atoms with Gasteiger partial charge in [-0.3, -0.25) is 0 Å². The summed E-state index contributed by atoms with van der Waals surface area (Å²) < 4.78 is 0. The zero-order valence-electron chi connectivity index (χ0n) is 13.6. The fraction of sp³-hybridized carbons (Fsp3) is 0.812. The molecule has 0 aliphatic carbocycles. The highest BCUT2D eigenvalue weighted by Gasteiger charge is 2.24. The fourth-order valence-corrected chi connectivity index (χ4v) is 4.23. The van der Waals surface area contributed by atoms with Crippen LogP contribution in [0.3, 0.4) is 0 Å². The monoisotopic (exact) mass is 295 g/mol. The van der Waals surface area contributed by atoms with Gasteiger partial charge in [0.1, 0.15) is 0 Å². The van der Waals surface area contributed by atoms with E-state index in [0.717, 1.165) is 18.4 Å². The third kappa shape index (κ3) is 3.53. The van der Waals surface area contributed by atoms with Gasteiger partial charge in [0.15, 0.2) is 5.13 Å². The molecule has 0 bridgehead atoms. The van der Waals surface area contributed by atoms with Gasteiger partial charge in [-0.15, -0.1) is 11.3 Å². The summed E-state index contributed by atoms with van der Waals surface area (Å²) >= 11 is 1.88. The molecule has 1 N–H and O–H groups in total. The third-order valence-corrected chi connectivity index (χ3v) is 5.88. The summed E-state index contributed by atoms with van der Waals surface area (Å²) in [4.78, 5) is 8.69. The first-order valence-electron chi connectivity index (χ1n) is 7.98. The molecule has 1 atom stereocenters. The predicted octanol–water partition coefficient (Wildman–Crippen LogP) is 3.99. The number of nitrogens with one attached hydrogen (secondary N) is 1. The van der Waals surface area contributed by atoms with Crippen LogP contribution in [-0.2, 0) is 0 Å². The Hall–Kier alpha value is -0.610. The maximum absolute atomic E-state index is 4.81. The average Bonchev–Trinajstić information content (AvgIpc) is 2.81. The second-order valence-corrected chi connectivity index (χ2v) is 7.30. The molecule has 1 aromatic heterocycles. The van der Waals surface area contributed by atoms with Crippen LogP contribution >= 0.6 is 11.3 Å². The lowest BCUT2D eigenvalue weighted by atomic mass is 9.87. The number of rotatable bonds is 5. The van der Waals surface area contributed by atoms with E-state index in [4.69, 9.17) is 4.98 Å². The molecule has 0 radical (unpaired) electrons. The number of hydrogen-bond donors (Lipinski definition) is 1. The molecular formula is C16H29N3S. The molecule has 1 unspecified atom stereocenters. The van der Waals surface area contributed by atoms with Crippen molar-refractivity contribution in [1.29, 1.82) is 0 Å². The summed E-state index contributed by atoms with van der Waals surface area (Å²) in [6, 6.07) is 0.416. The molecule has 4 heteroatoms. The number of piperidine rings is 1. The highest BCUT2D eigenvalue weighted by Crippen LogP contribution is 2.34. The minimum atomic E-state index is 0.416. The van der Waals surface area contributed by atoms with Crippen LogP contribution in [0.15, 0.2) is 0 Å². The average molecular weight is 295 g/mol. The Morgan fingerprint density at radius 2 is 1.95 bits per heavy atom. The number of anilines is 1. The number of aromatic nitrogens is 1. The van der Waals surface area contributed by atoms with E-state index in [0.29, 0.717) is 6.04 Å². The van der Waals surface area contributed by atoms with Crippen LogP contribution in [0.4, 0.5) is 5.13 Å². The maximum atomic E-state index is 4.81. The number of hydrogen-bond acceptors (Lipinski definition) is 4. The second-order valence-electron chi connectivity index (χ2n) is 6.29. The van der Waals surface area contributed by atoms with Gasteiger partial charge in [0, 0.05) is 24.0 Å². The van der Waals surface area contributed by atoms with Crippen LogP contribution in [0.5, 0.6) is 0 Å². The third-order valence-electron chi connectivity index (χ3n) is 4.48. The Balaban J connectivity index is 2.02. The lowest BCUT2D eigenvalue weighted by Gasteiger charge is -2.33. The van der Waals surface area contributed by atoms with E-state index < -0.39 is 0 Å². The maximum Gasteiger partial charge on any atom is 0.185 e. The predicted molar refractivity (Wildman–Crippen MR) is 88.7 cm³/mol. The molecular weight excluding hydrogens is 266 g/mol. The lowest BCUT2D eigenvalue weighted by Crippen LogP contribution is -2.35. The molecule has 2 heterocycles. The molecule has 0 spiro atoms. The van der Waals surface area contributed by atoms with Gasteiger partial charge in [-0.05, 0) is 45.1 Å². The van der Waals surface area contributed by atoms with Gasteiger partial charge in [0.05, 0.1) is 5.69 Å². The molecule has 1 aromatic rings. The first-order valence-corrected chi connectivity index (χ1v) is 8.80. The van der Waals surface area contributed by atoms with E-state index >= 15 is 0 Å². The van der Waals surface area contributed by atoms with Crippen LogP contribution in [0.2, 0.25) is 0 Å². The molecule has 20 heavy (non-hydrogen) atoms. The van der Waals surface area contributed by atoms with Crippen LogP contribution in [-0.4, -0.2) is 24.6 Å². The fourth-order valence-electron chi connectivity index (χ4n) is 3.09. The standard InChI is InChI=1S/C16H29N3S/c1-6-17-12(4)15-13(5)18-16(20-15)19-9-7-14(8-10-19)11(2)3/h11-12,14,17H,6-10H2,1-5H3. The summed E-state index contributed by atoms with van der Waals surface area (Å²) in [5.74, 6) is 1.71. The summed E-state index contributed by atoms with van der Waals surface area (Å²) in [6.45, 7) is 14.6. The van der Waals surface area contributed by atoms with E-state index in [9.17, 15) is 0 Å². The minimum Gasteiger partial charge on any atom is -0.348 e. The van der Waals surface area contributed by atoms with Gasteiger partial charge >= 0.3 is 0 Å². The highest BCUT2D eigenvalue weighted by molar-refractivity contribution is 7.15. The van der Waals surface area contributed by atoms with Crippen molar-refractivity contribution in [3.63, 3.8) is 0 Å². The van der Waals surface area contributed by atoms with Crippen molar-refractivity contribution in [3.8, 4) is 0 Å².